The Hall–Kier alpha value is -3.11. The largest absolute Gasteiger partial charge is 0.326 e. The lowest BCUT2D eigenvalue weighted by Gasteiger charge is -2.07. The van der Waals surface area contributed by atoms with Crippen molar-refractivity contribution < 1.29 is 4.79 Å². The number of hydrogen-bond acceptors (Lipinski definition) is 2. The van der Waals surface area contributed by atoms with Gasteiger partial charge in [-0.1, -0.05) is 41.9 Å². The van der Waals surface area contributed by atoms with Crippen LogP contribution in [-0.4, -0.2) is 15.3 Å². The molecule has 0 radical (unpaired) electrons. The second kappa shape index (κ2) is 7.25. The van der Waals surface area contributed by atoms with Crippen molar-refractivity contribution in [2.45, 2.75) is 13.3 Å². The molecule has 0 spiro atoms. The molecule has 0 unspecified atom stereocenters. The molecule has 1 N–H and O–H groups in total. The zero-order valence-electron chi connectivity index (χ0n) is 14.8. The predicted octanol–water partition coefficient (Wildman–Crippen LogP) is 5.14. The summed E-state index contributed by atoms with van der Waals surface area (Å²) in [5.41, 5.74) is 5.55. The first kappa shape index (κ1) is 17.3. The molecule has 27 heavy (non-hydrogen) atoms. The number of fused-ring (bicyclic) bond motifs is 1. The highest BCUT2D eigenvalue weighted by molar-refractivity contribution is 6.31. The van der Waals surface area contributed by atoms with Crippen LogP contribution in [0.5, 0.6) is 0 Å². The minimum absolute atomic E-state index is 0.0981. The number of aryl methyl sites for hydroxylation is 1. The lowest BCUT2D eigenvalue weighted by atomic mass is 10.1. The predicted molar refractivity (Wildman–Crippen MR) is 109 cm³/mol. The standard InChI is InChI=1S/C22H18ClN3O/c1-15-10-11-26-14-20(25-21(26)12-15)16-6-8-18(9-7-16)24-22(27)13-17-4-2-3-5-19(17)23/h2-12,14H,13H2,1H3,(H,24,27). The normalized spacial score (nSPS) is 10.9. The lowest BCUT2D eigenvalue weighted by Crippen LogP contribution is -2.14. The van der Waals surface area contributed by atoms with Gasteiger partial charge in [0, 0.05) is 28.7 Å². The molecular weight excluding hydrogens is 358 g/mol. The number of rotatable bonds is 4. The van der Waals surface area contributed by atoms with Crippen molar-refractivity contribution >= 4 is 28.8 Å². The number of halogens is 1. The van der Waals surface area contributed by atoms with Gasteiger partial charge in [-0.3, -0.25) is 4.79 Å². The summed E-state index contributed by atoms with van der Waals surface area (Å²) in [5.74, 6) is -0.0981. The van der Waals surface area contributed by atoms with Gasteiger partial charge in [0.25, 0.3) is 0 Å². The average molecular weight is 376 g/mol. The zero-order valence-corrected chi connectivity index (χ0v) is 15.6. The van der Waals surface area contributed by atoms with Gasteiger partial charge >= 0.3 is 0 Å². The van der Waals surface area contributed by atoms with E-state index in [-0.39, 0.29) is 12.3 Å². The first-order valence-electron chi connectivity index (χ1n) is 8.67. The van der Waals surface area contributed by atoms with Gasteiger partial charge in [-0.2, -0.15) is 0 Å². The van der Waals surface area contributed by atoms with E-state index in [4.69, 9.17) is 11.6 Å². The fourth-order valence-electron chi connectivity index (χ4n) is 2.97. The Kier molecular flexibility index (Phi) is 4.65. The molecule has 1 amide bonds. The van der Waals surface area contributed by atoms with Gasteiger partial charge in [-0.15, -0.1) is 0 Å². The van der Waals surface area contributed by atoms with Crippen molar-refractivity contribution in [2.24, 2.45) is 0 Å². The Morgan fingerprint density at radius 2 is 1.89 bits per heavy atom. The number of carbonyl (C=O) groups excluding carboxylic acids is 1. The van der Waals surface area contributed by atoms with E-state index in [2.05, 4.69) is 23.3 Å². The van der Waals surface area contributed by atoms with E-state index >= 15 is 0 Å². The summed E-state index contributed by atoms with van der Waals surface area (Å²) in [6.07, 6.45) is 4.25. The van der Waals surface area contributed by atoms with Gasteiger partial charge in [-0.05, 0) is 48.4 Å². The molecule has 134 valence electrons. The van der Waals surface area contributed by atoms with Crippen LogP contribution < -0.4 is 5.32 Å². The average Bonchev–Trinajstić information content (AvgIpc) is 3.07. The second-order valence-electron chi connectivity index (χ2n) is 6.49. The van der Waals surface area contributed by atoms with E-state index in [9.17, 15) is 4.79 Å². The Bertz CT molecular complexity index is 1120. The van der Waals surface area contributed by atoms with Gasteiger partial charge in [0.2, 0.25) is 5.91 Å². The molecule has 2 aromatic carbocycles. The summed E-state index contributed by atoms with van der Waals surface area (Å²) in [7, 11) is 0. The number of hydrogen-bond donors (Lipinski definition) is 1. The van der Waals surface area contributed by atoms with E-state index in [0.717, 1.165) is 28.2 Å². The number of pyridine rings is 1. The summed E-state index contributed by atoms with van der Waals surface area (Å²) < 4.78 is 2.00. The summed E-state index contributed by atoms with van der Waals surface area (Å²) in [6, 6.07) is 19.2. The van der Waals surface area contributed by atoms with Crippen LogP contribution in [0.2, 0.25) is 5.02 Å². The van der Waals surface area contributed by atoms with E-state index in [0.29, 0.717) is 5.02 Å². The molecule has 4 nitrogen and oxygen atoms in total. The fraction of sp³-hybridized carbons (Fsp3) is 0.0909. The molecule has 0 saturated heterocycles. The maximum absolute atomic E-state index is 12.3. The van der Waals surface area contributed by atoms with Crippen LogP contribution in [0.3, 0.4) is 0 Å². The molecule has 4 rings (SSSR count). The highest BCUT2D eigenvalue weighted by atomic mass is 35.5. The molecule has 2 heterocycles. The highest BCUT2D eigenvalue weighted by Gasteiger charge is 2.08. The number of anilines is 1. The molecule has 0 aliphatic rings. The molecule has 0 fully saturated rings. The van der Waals surface area contributed by atoms with Gasteiger partial charge < -0.3 is 9.72 Å². The summed E-state index contributed by atoms with van der Waals surface area (Å²) in [4.78, 5) is 16.9. The monoisotopic (exact) mass is 375 g/mol. The van der Waals surface area contributed by atoms with E-state index in [1.807, 2.05) is 65.3 Å². The van der Waals surface area contributed by atoms with Gasteiger partial charge in [0.1, 0.15) is 5.65 Å². The maximum atomic E-state index is 12.3. The zero-order chi connectivity index (χ0) is 18.8. The van der Waals surface area contributed by atoms with E-state index in [1.165, 1.54) is 5.56 Å². The van der Waals surface area contributed by atoms with Crippen molar-refractivity contribution in [3.8, 4) is 11.3 Å². The molecule has 2 aromatic heterocycles. The Morgan fingerprint density at radius 3 is 2.67 bits per heavy atom. The number of benzene rings is 2. The Balaban J connectivity index is 1.48. The second-order valence-corrected chi connectivity index (χ2v) is 6.90. The highest BCUT2D eigenvalue weighted by Crippen LogP contribution is 2.22. The first-order chi connectivity index (χ1) is 13.1. The van der Waals surface area contributed by atoms with Crippen LogP contribution in [0.25, 0.3) is 16.9 Å². The first-order valence-corrected chi connectivity index (χ1v) is 9.05. The molecule has 0 aliphatic heterocycles. The SMILES string of the molecule is Cc1ccn2cc(-c3ccc(NC(=O)Cc4ccccc4Cl)cc3)nc2c1. The van der Waals surface area contributed by atoms with E-state index in [1.54, 1.807) is 6.07 Å². The number of aromatic nitrogens is 2. The molecule has 4 aromatic rings. The van der Waals surface area contributed by atoms with E-state index < -0.39 is 0 Å². The Morgan fingerprint density at radius 1 is 1.11 bits per heavy atom. The smallest absolute Gasteiger partial charge is 0.228 e. The van der Waals surface area contributed by atoms with Gasteiger partial charge in [0.05, 0.1) is 12.1 Å². The minimum Gasteiger partial charge on any atom is -0.326 e. The molecular formula is C22H18ClN3O. The van der Waals surface area contributed by atoms with Crippen molar-refractivity contribution in [1.82, 2.24) is 9.38 Å². The third-order valence-corrected chi connectivity index (χ3v) is 4.76. The fourth-order valence-corrected chi connectivity index (χ4v) is 3.17. The quantitative estimate of drug-likeness (QED) is 0.536. The lowest BCUT2D eigenvalue weighted by molar-refractivity contribution is -0.115. The molecule has 0 aliphatic carbocycles. The molecule has 0 atom stereocenters. The van der Waals surface area contributed by atoms with Crippen LogP contribution in [0, 0.1) is 6.92 Å². The summed E-state index contributed by atoms with van der Waals surface area (Å²) in [5, 5.41) is 3.51. The third-order valence-electron chi connectivity index (χ3n) is 4.39. The van der Waals surface area contributed by atoms with Crippen LogP contribution in [0.4, 0.5) is 5.69 Å². The van der Waals surface area contributed by atoms with Crippen LogP contribution >= 0.6 is 11.6 Å². The minimum atomic E-state index is -0.0981. The number of amides is 1. The molecule has 5 heteroatoms. The Labute approximate surface area is 162 Å². The number of imidazole rings is 1. The van der Waals surface area contributed by atoms with Gasteiger partial charge in [-0.25, -0.2) is 4.98 Å². The van der Waals surface area contributed by atoms with Gasteiger partial charge in [0.15, 0.2) is 0 Å². The van der Waals surface area contributed by atoms with Crippen LogP contribution in [0.1, 0.15) is 11.1 Å². The number of carbonyl (C=O) groups is 1. The van der Waals surface area contributed by atoms with Crippen molar-refractivity contribution in [3.63, 3.8) is 0 Å². The topological polar surface area (TPSA) is 46.4 Å². The summed E-state index contributed by atoms with van der Waals surface area (Å²) >= 11 is 6.11. The third kappa shape index (κ3) is 3.86. The van der Waals surface area contributed by atoms with Crippen molar-refractivity contribution in [3.05, 3.63) is 89.2 Å². The van der Waals surface area contributed by atoms with Crippen molar-refractivity contribution in [1.29, 1.82) is 0 Å². The summed E-state index contributed by atoms with van der Waals surface area (Å²) in [6.45, 7) is 2.05. The number of nitrogens with one attached hydrogen (secondary N) is 1. The van der Waals surface area contributed by atoms with Crippen LogP contribution in [-0.2, 0) is 11.2 Å². The number of nitrogens with zero attached hydrogens (tertiary/aromatic N) is 2. The van der Waals surface area contributed by atoms with Crippen LogP contribution in [0.15, 0.2) is 73.1 Å². The molecule has 0 saturated carbocycles. The molecule has 0 bridgehead atoms. The van der Waals surface area contributed by atoms with Crippen molar-refractivity contribution in [2.75, 3.05) is 5.32 Å². The maximum Gasteiger partial charge on any atom is 0.228 e.